The molecule has 0 N–H and O–H groups in total. The van der Waals surface area contributed by atoms with E-state index in [0.29, 0.717) is 15.9 Å². The Morgan fingerprint density at radius 1 is 1.56 bits per heavy atom. The van der Waals surface area contributed by atoms with Gasteiger partial charge in [-0.05, 0) is 0 Å². The van der Waals surface area contributed by atoms with Crippen LogP contribution in [0.25, 0.3) is 11.0 Å². The maximum absolute atomic E-state index is 10.6. The van der Waals surface area contributed by atoms with Gasteiger partial charge in [-0.25, -0.2) is 0 Å². The lowest BCUT2D eigenvalue weighted by molar-refractivity contribution is 0.828. The van der Waals surface area contributed by atoms with E-state index in [4.69, 9.17) is 0 Å². The second-order valence-electron chi connectivity index (χ2n) is 1.60. The summed E-state index contributed by atoms with van der Waals surface area (Å²) in [5.41, 5.74) is 1.23. The van der Waals surface area contributed by atoms with Crippen molar-refractivity contribution in [3.05, 3.63) is 16.0 Å². The number of fused-ring (bicyclic) bond motifs is 1. The van der Waals surface area contributed by atoms with Gasteiger partial charge in [0, 0.05) is 10.8 Å². The molecule has 0 aromatic carbocycles. The highest BCUT2D eigenvalue weighted by Gasteiger charge is 1.96. The molecule has 2 aromatic heterocycles. The Balaban J connectivity index is 2.99. The Morgan fingerprint density at radius 2 is 2.44 bits per heavy atom. The summed E-state index contributed by atoms with van der Waals surface area (Å²) >= 11 is 1.45. The van der Waals surface area contributed by atoms with Crippen LogP contribution in [-0.2, 0) is 0 Å². The van der Waals surface area contributed by atoms with Gasteiger partial charge < -0.3 is 5.21 Å². The van der Waals surface area contributed by atoms with Crippen molar-refractivity contribution in [3.8, 4) is 0 Å². The van der Waals surface area contributed by atoms with E-state index >= 15 is 0 Å². The van der Waals surface area contributed by atoms with Crippen LogP contribution in [0.3, 0.4) is 0 Å². The van der Waals surface area contributed by atoms with Crippen LogP contribution in [0.5, 0.6) is 0 Å². The van der Waals surface area contributed by atoms with Gasteiger partial charge in [-0.3, -0.25) is 4.85 Å². The molecule has 0 saturated heterocycles. The van der Waals surface area contributed by atoms with Crippen LogP contribution in [0, 0.1) is 5.21 Å². The quantitative estimate of drug-likeness (QED) is 0.544. The predicted molar refractivity (Wildman–Crippen MR) is 34.2 cm³/mol. The van der Waals surface area contributed by atoms with Gasteiger partial charge in [0.15, 0.2) is 0 Å². The largest absolute Gasteiger partial charge is 0.789 e. The number of nitrogens with zero attached hydrogens (tertiary/aromatic N) is 3. The first kappa shape index (κ1) is 4.75. The van der Waals surface area contributed by atoms with E-state index < -0.39 is 0 Å². The summed E-state index contributed by atoms with van der Waals surface area (Å²) in [6, 6.07) is 0. The van der Waals surface area contributed by atoms with Crippen molar-refractivity contribution >= 4 is 22.4 Å². The molecule has 5 heteroatoms. The monoisotopic (exact) mass is 140 g/mol. The van der Waals surface area contributed by atoms with Crippen LogP contribution >= 0.6 is 11.3 Å². The van der Waals surface area contributed by atoms with Crippen LogP contribution in [0.2, 0.25) is 0 Å². The van der Waals surface area contributed by atoms with Gasteiger partial charge in [-0.15, -0.1) is 16.4 Å². The summed E-state index contributed by atoms with van der Waals surface area (Å²) in [6.45, 7) is 0. The molecule has 46 valence electrons. The molecule has 2 rings (SSSR count). The third-order valence-electron chi connectivity index (χ3n) is 1.06. The zero-order valence-electron chi connectivity index (χ0n) is 4.31. The lowest BCUT2D eigenvalue weighted by Gasteiger charge is -1.98. The fraction of sp³-hybridized carbons (Fsp3) is 0. The first-order valence-electron chi connectivity index (χ1n) is 2.33. The zero-order chi connectivity index (χ0) is 6.27. The number of rotatable bonds is 0. The minimum Gasteiger partial charge on any atom is -0.789 e. The van der Waals surface area contributed by atoms with Crippen molar-refractivity contribution in [2.24, 2.45) is 0 Å². The standard InChI is InChI=1S/C4H2N3OS/c8-7-4-2-9-1-3(4)5-6-7/h1-2H/q-1. The molecule has 2 aromatic rings. The zero-order valence-corrected chi connectivity index (χ0v) is 5.13. The summed E-state index contributed by atoms with van der Waals surface area (Å²) < 4.78 is 0. The highest BCUT2D eigenvalue weighted by Crippen LogP contribution is 2.14. The molecule has 0 aliphatic rings. The minimum absolute atomic E-state index is 0.520. The van der Waals surface area contributed by atoms with Crippen molar-refractivity contribution in [3.63, 3.8) is 0 Å². The van der Waals surface area contributed by atoms with Gasteiger partial charge >= 0.3 is 0 Å². The van der Waals surface area contributed by atoms with Crippen LogP contribution < -0.4 is 0 Å². The molecule has 0 radical (unpaired) electrons. The van der Waals surface area contributed by atoms with E-state index in [0.717, 1.165) is 0 Å². The molecule has 2 heterocycles. The van der Waals surface area contributed by atoms with E-state index in [9.17, 15) is 5.21 Å². The van der Waals surface area contributed by atoms with E-state index in [1.807, 2.05) is 0 Å². The smallest absolute Gasteiger partial charge is 0.123 e. The Labute approximate surface area is 54.3 Å². The molecule has 0 fully saturated rings. The van der Waals surface area contributed by atoms with Crippen molar-refractivity contribution in [1.29, 1.82) is 0 Å². The summed E-state index contributed by atoms with van der Waals surface area (Å²) in [4.78, 5) is 0.520. The van der Waals surface area contributed by atoms with Crippen molar-refractivity contribution in [2.45, 2.75) is 0 Å². The lowest BCUT2D eigenvalue weighted by Crippen LogP contribution is -1.85. The van der Waals surface area contributed by atoms with Gasteiger partial charge in [0.2, 0.25) is 0 Å². The molecular weight excluding hydrogens is 138 g/mol. The fourth-order valence-electron chi connectivity index (χ4n) is 0.639. The summed E-state index contributed by atoms with van der Waals surface area (Å²) in [6.07, 6.45) is 0. The number of thiophene rings is 1. The third-order valence-corrected chi connectivity index (χ3v) is 1.78. The van der Waals surface area contributed by atoms with Crippen molar-refractivity contribution in [2.75, 3.05) is 0 Å². The highest BCUT2D eigenvalue weighted by molar-refractivity contribution is 7.09. The van der Waals surface area contributed by atoms with E-state index in [-0.39, 0.29) is 0 Å². The van der Waals surface area contributed by atoms with Gasteiger partial charge in [0.25, 0.3) is 0 Å². The van der Waals surface area contributed by atoms with Gasteiger partial charge in [-0.2, -0.15) is 0 Å². The SMILES string of the molecule is [O-]n1nnc2cscc21. The Morgan fingerprint density at radius 3 is 3.22 bits per heavy atom. The first-order chi connectivity index (χ1) is 4.38. The highest BCUT2D eigenvalue weighted by atomic mass is 32.1. The average Bonchev–Trinajstić information content (AvgIpc) is 2.35. The van der Waals surface area contributed by atoms with Gasteiger partial charge in [0.1, 0.15) is 5.52 Å². The number of hydrogen-bond acceptors (Lipinski definition) is 4. The number of hydrogen-bond donors (Lipinski definition) is 0. The van der Waals surface area contributed by atoms with E-state index in [2.05, 4.69) is 10.3 Å². The minimum atomic E-state index is 0.520. The molecule has 9 heavy (non-hydrogen) atoms. The predicted octanol–water partition coefficient (Wildman–Crippen LogP) is 0.839. The fourth-order valence-corrected chi connectivity index (χ4v) is 1.34. The van der Waals surface area contributed by atoms with Crippen LogP contribution in [0.1, 0.15) is 0 Å². The Bertz CT molecular complexity index is 325. The average molecular weight is 140 g/mol. The molecule has 0 amide bonds. The van der Waals surface area contributed by atoms with Crippen LogP contribution in [0.15, 0.2) is 10.8 Å². The van der Waals surface area contributed by atoms with Crippen molar-refractivity contribution < 1.29 is 0 Å². The van der Waals surface area contributed by atoms with E-state index in [1.165, 1.54) is 11.3 Å². The van der Waals surface area contributed by atoms with Gasteiger partial charge in [0.05, 0.1) is 5.52 Å². The molecule has 4 nitrogen and oxygen atoms in total. The second kappa shape index (κ2) is 1.44. The molecule has 0 aliphatic carbocycles. The maximum atomic E-state index is 10.6. The maximum Gasteiger partial charge on any atom is 0.123 e. The van der Waals surface area contributed by atoms with Crippen LogP contribution in [-0.4, -0.2) is 15.2 Å². The molecule has 0 atom stereocenters. The van der Waals surface area contributed by atoms with Crippen molar-refractivity contribution in [1.82, 2.24) is 15.2 Å². The van der Waals surface area contributed by atoms with Crippen LogP contribution in [0.4, 0.5) is 0 Å². The third kappa shape index (κ3) is 0.517. The molecule has 0 spiro atoms. The number of aromatic nitrogens is 3. The summed E-state index contributed by atoms with van der Waals surface area (Å²) in [5, 5.41) is 21.0. The first-order valence-corrected chi connectivity index (χ1v) is 3.27. The Kier molecular flexibility index (Phi) is 0.762. The lowest BCUT2D eigenvalue weighted by atomic mass is 10.5. The molecule has 0 aliphatic heterocycles. The van der Waals surface area contributed by atoms with Gasteiger partial charge in [-0.1, -0.05) is 5.21 Å². The second-order valence-corrected chi connectivity index (χ2v) is 2.35. The molecule has 0 bridgehead atoms. The summed E-state index contributed by atoms with van der Waals surface area (Å²) in [5.74, 6) is 0. The summed E-state index contributed by atoms with van der Waals surface area (Å²) in [7, 11) is 0. The van der Waals surface area contributed by atoms with E-state index in [1.54, 1.807) is 10.8 Å². The Hall–Kier alpha value is -1.10. The molecular formula is C4H2N3OS-. The molecule has 0 saturated carbocycles. The normalized spacial score (nSPS) is 10.7. The topological polar surface area (TPSA) is 53.8 Å². The molecule has 0 unspecified atom stereocenters.